The lowest BCUT2D eigenvalue weighted by Gasteiger charge is -2.25. The van der Waals surface area contributed by atoms with Crippen LogP contribution in [0.4, 0.5) is 0 Å². The second-order valence-electron chi connectivity index (χ2n) is 6.36. The number of hydrogen-bond donors (Lipinski definition) is 1. The molecular weight excluding hydrogens is 252 g/mol. The van der Waals surface area contributed by atoms with E-state index in [-0.39, 0.29) is 0 Å². The average Bonchev–Trinajstić information content (AvgIpc) is 2.75. The van der Waals surface area contributed by atoms with Crippen molar-refractivity contribution in [2.24, 2.45) is 11.8 Å². The lowest BCUT2D eigenvalue weighted by molar-refractivity contribution is 0.335. The summed E-state index contributed by atoms with van der Waals surface area (Å²) >= 11 is 1.85. The predicted octanol–water partition coefficient (Wildman–Crippen LogP) is 4.82. The Kier molecular flexibility index (Phi) is 7.01. The van der Waals surface area contributed by atoms with Crippen molar-refractivity contribution in [1.82, 2.24) is 10.3 Å². The maximum atomic E-state index is 4.55. The predicted molar refractivity (Wildman–Crippen MR) is 85.7 cm³/mol. The van der Waals surface area contributed by atoms with Crippen molar-refractivity contribution in [3.63, 3.8) is 0 Å². The van der Waals surface area contributed by atoms with Gasteiger partial charge in [0.25, 0.3) is 0 Å². The standard InChI is InChI=1S/C16H30N2S/c1-7-15-10-17-16(19-15)13(6)18-14(8-11(2)3)9-12(4)5/h10-14,18H,7-9H2,1-6H3. The van der Waals surface area contributed by atoms with Gasteiger partial charge in [0.15, 0.2) is 0 Å². The molecule has 0 saturated carbocycles. The molecule has 0 spiro atoms. The van der Waals surface area contributed by atoms with Crippen LogP contribution in [-0.2, 0) is 6.42 Å². The molecule has 110 valence electrons. The Balaban J connectivity index is 2.61. The van der Waals surface area contributed by atoms with Gasteiger partial charge in [0.1, 0.15) is 5.01 Å². The maximum absolute atomic E-state index is 4.55. The van der Waals surface area contributed by atoms with Crippen molar-refractivity contribution in [3.05, 3.63) is 16.1 Å². The highest BCUT2D eigenvalue weighted by Gasteiger charge is 2.18. The molecule has 0 bridgehead atoms. The van der Waals surface area contributed by atoms with Crippen LogP contribution in [0.3, 0.4) is 0 Å². The molecule has 1 rings (SSSR count). The van der Waals surface area contributed by atoms with E-state index in [1.54, 1.807) is 0 Å². The minimum atomic E-state index is 0.368. The molecular formula is C16H30N2S. The number of hydrogen-bond acceptors (Lipinski definition) is 3. The molecule has 1 heterocycles. The molecule has 0 aromatic carbocycles. The van der Waals surface area contributed by atoms with Crippen LogP contribution >= 0.6 is 11.3 Å². The molecule has 1 atom stereocenters. The molecule has 2 nitrogen and oxygen atoms in total. The van der Waals surface area contributed by atoms with Crippen molar-refractivity contribution < 1.29 is 0 Å². The van der Waals surface area contributed by atoms with Crippen LogP contribution in [-0.4, -0.2) is 11.0 Å². The summed E-state index contributed by atoms with van der Waals surface area (Å²) in [6.07, 6.45) is 5.60. The van der Waals surface area contributed by atoms with Gasteiger partial charge in [0.2, 0.25) is 0 Å². The first-order valence-electron chi connectivity index (χ1n) is 7.63. The number of aromatic nitrogens is 1. The van der Waals surface area contributed by atoms with Crippen LogP contribution in [0.15, 0.2) is 6.20 Å². The van der Waals surface area contributed by atoms with E-state index in [0.29, 0.717) is 12.1 Å². The molecule has 1 aromatic rings. The van der Waals surface area contributed by atoms with Gasteiger partial charge in [-0.1, -0.05) is 34.6 Å². The summed E-state index contributed by atoms with van der Waals surface area (Å²) in [6.45, 7) is 13.6. The molecule has 1 aromatic heterocycles. The van der Waals surface area contributed by atoms with E-state index in [2.05, 4.69) is 51.8 Å². The quantitative estimate of drug-likeness (QED) is 0.739. The summed E-state index contributed by atoms with van der Waals surface area (Å²) in [4.78, 5) is 5.94. The zero-order valence-corrected chi connectivity index (χ0v) is 14.2. The fraction of sp³-hybridized carbons (Fsp3) is 0.812. The molecule has 0 aliphatic rings. The summed E-state index contributed by atoms with van der Waals surface area (Å²) < 4.78 is 0. The molecule has 0 aliphatic heterocycles. The molecule has 0 fully saturated rings. The number of rotatable bonds is 8. The summed E-state index contributed by atoms with van der Waals surface area (Å²) in [5.41, 5.74) is 0. The summed E-state index contributed by atoms with van der Waals surface area (Å²) in [6, 6.07) is 0.969. The lowest BCUT2D eigenvalue weighted by Crippen LogP contribution is -2.33. The second kappa shape index (κ2) is 8.01. The van der Waals surface area contributed by atoms with Gasteiger partial charge in [-0.15, -0.1) is 11.3 Å². The zero-order valence-electron chi connectivity index (χ0n) is 13.4. The average molecular weight is 282 g/mol. The highest BCUT2D eigenvalue weighted by molar-refractivity contribution is 7.11. The van der Waals surface area contributed by atoms with Gasteiger partial charge >= 0.3 is 0 Å². The van der Waals surface area contributed by atoms with Crippen molar-refractivity contribution in [1.29, 1.82) is 0 Å². The van der Waals surface area contributed by atoms with E-state index < -0.39 is 0 Å². The third-order valence-corrected chi connectivity index (χ3v) is 4.61. The van der Waals surface area contributed by atoms with Crippen molar-refractivity contribution in [3.8, 4) is 0 Å². The van der Waals surface area contributed by atoms with E-state index in [0.717, 1.165) is 18.3 Å². The van der Waals surface area contributed by atoms with E-state index in [4.69, 9.17) is 0 Å². The van der Waals surface area contributed by atoms with Crippen molar-refractivity contribution in [2.45, 2.75) is 72.9 Å². The molecule has 3 heteroatoms. The minimum Gasteiger partial charge on any atom is -0.305 e. The Morgan fingerprint density at radius 1 is 1.11 bits per heavy atom. The van der Waals surface area contributed by atoms with Crippen LogP contribution in [0, 0.1) is 11.8 Å². The first-order chi connectivity index (χ1) is 8.92. The number of thiazole rings is 1. The monoisotopic (exact) mass is 282 g/mol. The smallest absolute Gasteiger partial charge is 0.109 e. The molecule has 0 radical (unpaired) electrons. The first kappa shape index (κ1) is 16.6. The van der Waals surface area contributed by atoms with Gasteiger partial charge in [0, 0.05) is 17.1 Å². The molecule has 1 N–H and O–H groups in total. The third kappa shape index (κ3) is 6.05. The SMILES string of the molecule is CCc1cnc(C(C)NC(CC(C)C)CC(C)C)s1. The molecule has 0 aliphatic carbocycles. The normalized spacial score (nSPS) is 13.7. The molecule has 1 unspecified atom stereocenters. The largest absolute Gasteiger partial charge is 0.305 e. The van der Waals surface area contributed by atoms with E-state index in [1.807, 2.05) is 17.5 Å². The fourth-order valence-corrected chi connectivity index (χ4v) is 3.35. The lowest BCUT2D eigenvalue weighted by atomic mass is 9.95. The first-order valence-corrected chi connectivity index (χ1v) is 8.44. The van der Waals surface area contributed by atoms with Crippen molar-refractivity contribution >= 4 is 11.3 Å². The Morgan fingerprint density at radius 2 is 1.68 bits per heavy atom. The van der Waals surface area contributed by atoms with Gasteiger partial charge in [-0.05, 0) is 38.0 Å². The summed E-state index contributed by atoms with van der Waals surface area (Å²) in [7, 11) is 0. The minimum absolute atomic E-state index is 0.368. The number of nitrogens with zero attached hydrogens (tertiary/aromatic N) is 1. The summed E-state index contributed by atoms with van der Waals surface area (Å²) in [5, 5.41) is 5.01. The van der Waals surface area contributed by atoms with Gasteiger partial charge in [-0.25, -0.2) is 4.98 Å². The van der Waals surface area contributed by atoms with E-state index in [1.165, 1.54) is 22.7 Å². The second-order valence-corrected chi connectivity index (χ2v) is 7.51. The van der Waals surface area contributed by atoms with Crippen LogP contribution < -0.4 is 5.32 Å². The van der Waals surface area contributed by atoms with Crippen LogP contribution in [0.1, 0.15) is 70.3 Å². The molecule has 19 heavy (non-hydrogen) atoms. The third-order valence-electron chi connectivity index (χ3n) is 3.29. The van der Waals surface area contributed by atoms with Gasteiger partial charge in [-0.3, -0.25) is 0 Å². The van der Waals surface area contributed by atoms with Crippen LogP contribution in [0.25, 0.3) is 0 Å². The Labute approximate surface area is 123 Å². The van der Waals surface area contributed by atoms with Gasteiger partial charge in [0.05, 0.1) is 6.04 Å². The highest BCUT2D eigenvalue weighted by atomic mass is 32.1. The van der Waals surface area contributed by atoms with Crippen LogP contribution in [0.2, 0.25) is 0 Å². The Hall–Kier alpha value is -0.410. The van der Waals surface area contributed by atoms with E-state index in [9.17, 15) is 0 Å². The Morgan fingerprint density at radius 3 is 2.11 bits per heavy atom. The van der Waals surface area contributed by atoms with Crippen molar-refractivity contribution in [2.75, 3.05) is 0 Å². The summed E-state index contributed by atoms with van der Waals surface area (Å²) in [5.74, 6) is 1.48. The highest BCUT2D eigenvalue weighted by Crippen LogP contribution is 2.23. The topological polar surface area (TPSA) is 24.9 Å². The zero-order chi connectivity index (χ0) is 14.4. The number of nitrogens with one attached hydrogen (secondary N) is 1. The maximum Gasteiger partial charge on any atom is 0.109 e. The van der Waals surface area contributed by atoms with Crippen LogP contribution in [0.5, 0.6) is 0 Å². The van der Waals surface area contributed by atoms with Gasteiger partial charge in [-0.2, -0.15) is 0 Å². The Bertz CT molecular complexity index is 347. The van der Waals surface area contributed by atoms with Gasteiger partial charge < -0.3 is 5.32 Å². The molecule has 0 amide bonds. The molecule has 0 saturated heterocycles. The number of aryl methyl sites for hydroxylation is 1. The van der Waals surface area contributed by atoms with E-state index >= 15 is 0 Å². The fourth-order valence-electron chi connectivity index (χ4n) is 2.48.